The molecule has 0 spiro atoms. The minimum Gasteiger partial charge on any atom is -0.349 e. The Kier molecular flexibility index (Phi) is 4.38. The van der Waals surface area contributed by atoms with E-state index in [9.17, 15) is 9.18 Å². The number of benzene rings is 1. The molecule has 0 bridgehead atoms. The van der Waals surface area contributed by atoms with E-state index in [4.69, 9.17) is 0 Å². The van der Waals surface area contributed by atoms with Gasteiger partial charge in [0.05, 0.1) is 17.4 Å². The topological polar surface area (TPSA) is 73.9 Å². The molecule has 134 valence electrons. The molecule has 2 aromatic heterocycles. The number of H-pyrrole nitrogens is 1. The summed E-state index contributed by atoms with van der Waals surface area (Å²) >= 11 is 0. The van der Waals surface area contributed by atoms with Crippen LogP contribution in [0.25, 0.3) is 22.3 Å². The number of amides is 1. The first-order chi connectivity index (χ1) is 12.6. The van der Waals surface area contributed by atoms with Gasteiger partial charge in [-0.3, -0.25) is 14.9 Å². The van der Waals surface area contributed by atoms with Gasteiger partial charge in [0.15, 0.2) is 0 Å². The zero-order chi connectivity index (χ0) is 18.1. The van der Waals surface area contributed by atoms with Gasteiger partial charge in [0.2, 0.25) is 0 Å². The average molecular weight is 353 g/mol. The first-order valence-electron chi connectivity index (χ1n) is 8.69. The predicted octanol–water partition coefficient (Wildman–Crippen LogP) is 2.59. The Balaban J connectivity index is 1.59. The highest BCUT2D eigenvalue weighted by atomic mass is 19.1. The van der Waals surface area contributed by atoms with E-state index in [0.717, 1.165) is 43.0 Å². The number of piperidine rings is 1. The zero-order valence-corrected chi connectivity index (χ0v) is 14.5. The number of nitrogens with zero attached hydrogens (tertiary/aromatic N) is 3. The maximum absolute atomic E-state index is 13.1. The van der Waals surface area contributed by atoms with Crippen LogP contribution in [0.2, 0.25) is 0 Å². The molecule has 7 heteroatoms. The Morgan fingerprint density at radius 2 is 2.08 bits per heavy atom. The molecule has 1 aromatic carbocycles. The lowest BCUT2D eigenvalue weighted by atomic mass is 10.0. The second kappa shape index (κ2) is 6.84. The summed E-state index contributed by atoms with van der Waals surface area (Å²) in [5, 5.41) is 11.1. The Labute approximate surface area is 150 Å². The number of hydrogen-bond acceptors (Lipinski definition) is 4. The maximum atomic E-state index is 13.1. The van der Waals surface area contributed by atoms with Crippen molar-refractivity contribution in [2.75, 3.05) is 20.1 Å². The van der Waals surface area contributed by atoms with Crippen molar-refractivity contribution in [3.63, 3.8) is 0 Å². The van der Waals surface area contributed by atoms with Crippen molar-refractivity contribution in [1.29, 1.82) is 0 Å². The van der Waals surface area contributed by atoms with Gasteiger partial charge in [-0.15, -0.1) is 0 Å². The van der Waals surface area contributed by atoms with E-state index in [1.807, 2.05) is 12.1 Å². The number of hydrogen-bond donors (Lipinski definition) is 2. The van der Waals surface area contributed by atoms with E-state index in [0.29, 0.717) is 17.0 Å². The predicted molar refractivity (Wildman–Crippen MR) is 97.3 cm³/mol. The highest BCUT2D eigenvalue weighted by Gasteiger charge is 2.20. The molecule has 1 aliphatic heterocycles. The van der Waals surface area contributed by atoms with Gasteiger partial charge in [0, 0.05) is 17.0 Å². The van der Waals surface area contributed by atoms with E-state index < -0.39 is 5.82 Å². The molecule has 0 aliphatic carbocycles. The third-order valence-electron chi connectivity index (χ3n) is 4.85. The lowest BCUT2D eigenvalue weighted by molar-refractivity contribution is 0.0917. The molecular weight excluding hydrogens is 333 g/mol. The first-order valence-corrected chi connectivity index (χ1v) is 8.69. The van der Waals surface area contributed by atoms with Crippen LogP contribution in [0.5, 0.6) is 0 Å². The summed E-state index contributed by atoms with van der Waals surface area (Å²) in [5.74, 6) is -0.479. The maximum Gasteiger partial charge on any atom is 0.251 e. The molecule has 4 rings (SSSR count). The molecule has 3 aromatic rings. The number of fused-ring (bicyclic) bond motifs is 1. The quantitative estimate of drug-likeness (QED) is 0.759. The molecule has 2 N–H and O–H groups in total. The fraction of sp³-hybridized carbons (Fsp3) is 0.316. The normalized spacial score (nSPS) is 16.1. The summed E-state index contributed by atoms with van der Waals surface area (Å²) in [7, 11) is 2.09. The lowest BCUT2D eigenvalue weighted by Crippen LogP contribution is -2.43. The number of carbonyl (C=O) groups is 1. The van der Waals surface area contributed by atoms with Crippen LogP contribution in [0, 0.1) is 5.82 Å². The standard InChI is InChI=1S/C19H20FN5O/c1-25-8-6-14(7-9-25)22-19(26)12-2-4-16-15(10-12)18(24-23-16)17-5-3-13(20)11-21-17/h2-5,10-11,14H,6-9H2,1H3,(H,22,26)(H,23,24). The summed E-state index contributed by atoms with van der Waals surface area (Å²) in [6, 6.07) is 8.56. The van der Waals surface area contributed by atoms with Crippen LogP contribution in [0.4, 0.5) is 4.39 Å². The number of rotatable bonds is 3. The molecule has 1 saturated heterocycles. The molecule has 1 aliphatic rings. The minimum atomic E-state index is -0.396. The van der Waals surface area contributed by atoms with E-state index in [1.165, 1.54) is 6.07 Å². The highest BCUT2D eigenvalue weighted by Crippen LogP contribution is 2.26. The van der Waals surface area contributed by atoms with Crippen molar-refractivity contribution < 1.29 is 9.18 Å². The SMILES string of the molecule is CN1CCC(NC(=O)c2ccc3[nH]nc(-c4ccc(F)cn4)c3c2)CC1. The van der Waals surface area contributed by atoms with Gasteiger partial charge in [-0.2, -0.15) is 5.10 Å². The number of nitrogens with one attached hydrogen (secondary N) is 2. The van der Waals surface area contributed by atoms with Crippen molar-refractivity contribution >= 4 is 16.8 Å². The van der Waals surface area contributed by atoms with E-state index >= 15 is 0 Å². The average Bonchev–Trinajstić information content (AvgIpc) is 3.07. The Morgan fingerprint density at radius 1 is 1.27 bits per heavy atom. The molecule has 0 saturated carbocycles. The molecule has 26 heavy (non-hydrogen) atoms. The Bertz CT molecular complexity index is 929. The second-order valence-corrected chi connectivity index (χ2v) is 6.75. The largest absolute Gasteiger partial charge is 0.349 e. The zero-order valence-electron chi connectivity index (χ0n) is 14.5. The van der Waals surface area contributed by atoms with Crippen LogP contribution < -0.4 is 5.32 Å². The Morgan fingerprint density at radius 3 is 2.81 bits per heavy atom. The van der Waals surface area contributed by atoms with Crippen LogP contribution in [0.3, 0.4) is 0 Å². The van der Waals surface area contributed by atoms with Crippen LogP contribution in [-0.4, -0.2) is 52.2 Å². The van der Waals surface area contributed by atoms with Crippen LogP contribution >= 0.6 is 0 Å². The molecule has 0 radical (unpaired) electrons. The van der Waals surface area contributed by atoms with Crippen molar-refractivity contribution in [1.82, 2.24) is 25.4 Å². The number of carbonyl (C=O) groups excluding carboxylic acids is 1. The summed E-state index contributed by atoms with van der Waals surface area (Å²) in [4.78, 5) is 19.0. The van der Waals surface area contributed by atoms with E-state index in [1.54, 1.807) is 12.1 Å². The molecule has 0 atom stereocenters. The van der Waals surface area contributed by atoms with Gasteiger partial charge >= 0.3 is 0 Å². The van der Waals surface area contributed by atoms with Crippen LogP contribution in [0.15, 0.2) is 36.5 Å². The summed E-state index contributed by atoms with van der Waals surface area (Å²) in [6.45, 7) is 1.98. The monoisotopic (exact) mass is 353 g/mol. The molecule has 3 heterocycles. The van der Waals surface area contributed by atoms with Crippen LogP contribution in [0.1, 0.15) is 23.2 Å². The van der Waals surface area contributed by atoms with Gasteiger partial charge in [-0.25, -0.2) is 4.39 Å². The Hall–Kier alpha value is -2.80. The molecular formula is C19H20FN5O. The van der Waals surface area contributed by atoms with Gasteiger partial charge in [0.1, 0.15) is 11.5 Å². The van der Waals surface area contributed by atoms with Crippen molar-refractivity contribution in [2.45, 2.75) is 18.9 Å². The number of halogens is 1. The number of aromatic nitrogens is 3. The minimum absolute atomic E-state index is 0.0827. The van der Waals surface area contributed by atoms with Gasteiger partial charge < -0.3 is 10.2 Å². The molecule has 1 amide bonds. The molecule has 1 fully saturated rings. The molecule has 0 unspecified atom stereocenters. The summed E-state index contributed by atoms with van der Waals surface area (Å²) in [5.41, 5.74) is 2.56. The highest BCUT2D eigenvalue weighted by molar-refractivity contribution is 6.01. The fourth-order valence-electron chi connectivity index (χ4n) is 3.29. The summed E-state index contributed by atoms with van der Waals surface area (Å²) < 4.78 is 13.1. The second-order valence-electron chi connectivity index (χ2n) is 6.75. The summed E-state index contributed by atoms with van der Waals surface area (Å²) in [6.07, 6.45) is 3.08. The van der Waals surface area contributed by atoms with Gasteiger partial charge in [-0.05, 0) is 63.3 Å². The smallest absolute Gasteiger partial charge is 0.251 e. The first kappa shape index (κ1) is 16.7. The van der Waals surface area contributed by atoms with Crippen molar-refractivity contribution in [2.24, 2.45) is 0 Å². The fourth-order valence-corrected chi connectivity index (χ4v) is 3.29. The van der Waals surface area contributed by atoms with Crippen LogP contribution in [-0.2, 0) is 0 Å². The number of aromatic amines is 1. The van der Waals surface area contributed by atoms with Gasteiger partial charge in [0.25, 0.3) is 5.91 Å². The third-order valence-corrected chi connectivity index (χ3v) is 4.85. The van der Waals surface area contributed by atoms with Gasteiger partial charge in [-0.1, -0.05) is 0 Å². The van der Waals surface area contributed by atoms with E-state index in [-0.39, 0.29) is 11.9 Å². The van der Waals surface area contributed by atoms with Crippen molar-refractivity contribution in [3.05, 3.63) is 47.9 Å². The molecule has 6 nitrogen and oxygen atoms in total. The lowest BCUT2D eigenvalue weighted by Gasteiger charge is -2.29. The van der Waals surface area contributed by atoms with E-state index in [2.05, 4.69) is 32.4 Å². The third kappa shape index (κ3) is 3.30. The number of likely N-dealkylation sites (tertiary alicyclic amines) is 1. The van der Waals surface area contributed by atoms with Crippen molar-refractivity contribution in [3.8, 4) is 11.4 Å². The number of pyridine rings is 1.